The Morgan fingerprint density at radius 2 is 1.92 bits per heavy atom. The Morgan fingerprint density at radius 3 is 2.56 bits per heavy atom. The van der Waals surface area contributed by atoms with Gasteiger partial charge in [0, 0.05) is 10.7 Å². The van der Waals surface area contributed by atoms with E-state index < -0.39 is 0 Å². The van der Waals surface area contributed by atoms with E-state index in [1.54, 1.807) is 36.4 Å². The number of rotatable bonds is 7. The van der Waals surface area contributed by atoms with E-state index in [0.717, 1.165) is 5.56 Å². The highest BCUT2D eigenvalue weighted by Gasteiger charge is 2.13. The molecule has 2 aromatic rings. The molecule has 0 aliphatic carbocycles. The zero-order chi connectivity index (χ0) is 18.2. The molecule has 0 fully saturated rings. The molecule has 0 saturated heterocycles. The number of ether oxygens (including phenoxy) is 2. The summed E-state index contributed by atoms with van der Waals surface area (Å²) in [7, 11) is 1.54. The predicted molar refractivity (Wildman–Crippen MR) is 97.6 cm³/mol. The van der Waals surface area contributed by atoms with Crippen LogP contribution in [-0.2, 0) is 0 Å². The quantitative estimate of drug-likeness (QED) is 0.701. The number of aliphatic hydroxyl groups is 1. The number of hydrogen-bond donors (Lipinski definition) is 3. The van der Waals surface area contributed by atoms with Crippen LogP contribution >= 0.6 is 11.6 Å². The van der Waals surface area contributed by atoms with Crippen molar-refractivity contribution in [2.24, 2.45) is 0 Å². The van der Waals surface area contributed by atoms with Crippen LogP contribution in [0.3, 0.4) is 0 Å². The zero-order valence-electron chi connectivity index (χ0n) is 14.1. The smallest absolute Gasteiger partial charge is 0.319 e. The summed E-state index contributed by atoms with van der Waals surface area (Å²) in [5, 5.41) is 15.0. The molecule has 0 heterocycles. The number of carbonyl (C=O) groups excluding carboxylic acids is 1. The van der Waals surface area contributed by atoms with Crippen molar-refractivity contribution < 1.29 is 19.4 Å². The maximum atomic E-state index is 12.1. The second-order valence-electron chi connectivity index (χ2n) is 5.31. The second kappa shape index (κ2) is 9.15. The van der Waals surface area contributed by atoms with Gasteiger partial charge >= 0.3 is 6.03 Å². The van der Waals surface area contributed by atoms with Gasteiger partial charge in [-0.1, -0.05) is 17.7 Å². The first-order valence-electron chi connectivity index (χ1n) is 7.78. The van der Waals surface area contributed by atoms with Gasteiger partial charge in [-0.3, -0.25) is 0 Å². The van der Waals surface area contributed by atoms with Crippen LogP contribution in [0.2, 0.25) is 5.02 Å². The number of benzene rings is 2. The van der Waals surface area contributed by atoms with Gasteiger partial charge in [0.15, 0.2) is 11.5 Å². The Labute approximate surface area is 151 Å². The van der Waals surface area contributed by atoms with Crippen molar-refractivity contribution in [3.05, 3.63) is 53.1 Å². The molecule has 0 aliphatic rings. The topological polar surface area (TPSA) is 79.8 Å². The van der Waals surface area contributed by atoms with E-state index in [1.807, 2.05) is 13.0 Å². The molecule has 1 atom stereocenters. The largest absolute Gasteiger partial charge is 0.493 e. The van der Waals surface area contributed by atoms with Gasteiger partial charge in [0.05, 0.1) is 19.8 Å². The molecule has 0 spiro atoms. The molecular formula is C18H21ClN2O4. The number of urea groups is 1. The van der Waals surface area contributed by atoms with Gasteiger partial charge in [-0.05, 0) is 48.9 Å². The van der Waals surface area contributed by atoms with Gasteiger partial charge in [-0.25, -0.2) is 4.79 Å². The van der Waals surface area contributed by atoms with E-state index in [4.69, 9.17) is 26.2 Å². The molecule has 0 radical (unpaired) electrons. The Hall–Kier alpha value is -2.44. The molecule has 2 rings (SSSR count). The minimum Gasteiger partial charge on any atom is -0.493 e. The number of anilines is 1. The Morgan fingerprint density at radius 1 is 1.20 bits per heavy atom. The lowest BCUT2D eigenvalue weighted by Crippen LogP contribution is -2.31. The highest BCUT2D eigenvalue weighted by atomic mass is 35.5. The summed E-state index contributed by atoms with van der Waals surface area (Å²) in [6.07, 6.45) is 0. The van der Waals surface area contributed by atoms with Gasteiger partial charge in [0.2, 0.25) is 0 Å². The van der Waals surface area contributed by atoms with Gasteiger partial charge < -0.3 is 25.2 Å². The number of aliphatic hydroxyl groups excluding tert-OH is 1. The molecule has 0 saturated carbocycles. The number of amides is 2. The van der Waals surface area contributed by atoms with Crippen molar-refractivity contribution >= 4 is 23.3 Å². The number of halogens is 1. The maximum absolute atomic E-state index is 12.1. The van der Waals surface area contributed by atoms with Crippen LogP contribution in [0.1, 0.15) is 18.5 Å². The number of nitrogens with one attached hydrogen (secondary N) is 2. The third kappa shape index (κ3) is 5.55. The van der Waals surface area contributed by atoms with Crippen molar-refractivity contribution in [2.75, 3.05) is 25.6 Å². The van der Waals surface area contributed by atoms with Gasteiger partial charge in [-0.15, -0.1) is 0 Å². The van der Waals surface area contributed by atoms with Crippen LogP contribution in [0.4, 0.5) is 10.5 Å². The van der Waals surface area contributed by atoms with Crippen LogP contribution in [-0.4, -0.2) is 31.5 Å². The normalized spacial score (nSPS) is 11.5. The lowest BCUT2D eigenvalue weighted by atomic mass is 10.1. The third-order valence-electron chi connectivity index (χ3n) is 3.49. The summed E-state index contributed by atoms with van der Waals surface area (Å²) >= 11 is 5.82. The molecule has 0 bridgehead atoms. The van der Waals surface area contributed by atoms with Crippen LogP contribution in [0, 0.1) is 0 Å². The van der Waals surface area contributed by atoms with E-state index in [-0.39, 0.29) is 25.3 Å². The fourth-order valence-corrected chi connectivity index (χ4v) is 2.33. The fraction of sp³-hybridized carbons (Fsp3) is 0.278. The highest BCUT2D eigenvalue weighted by Crippen LogP contribution is 2.30. The van der Waals surface area contributed by atoms with E-state index in [0.29, 0.717) is 22.2 Å². The summed E-state index contributed by atoms with van der Waals surface area (Å²) in [6, 6.07) is 11.7. The fourth-order valence-electron chi connectivity index (χ4n) is 2.21. The first-order valence-corrected chi connectivity index (χ1v) is 8.16. The molecule has 0 aromatic heterocycles. The van der Waals surface area contributed by atoms with Crippen molar-refractivity contribution in [1.29, 1.82) is 0 Å². The van der Waals surface area contributed by atoms with Crippen LogP contribution in [0.15, 0.2) is 42.5 Å². The third-order valence-corrected chi connectivity index (χ3v) is 3.74. The molecule has 0 unspecified atom stereocenters. The second-order valence-corrected chi connectivity index (χ2v) is 5.75. The van der Waals surface area contributed by atoms with Crippen LogP contribution in [0.25, 0.3) is 0 Å². The summed E-state index contributed by atoms with van der Waals surface area (Å²) in [5.74, 6) is 1.08. The van der Waals surface area contributed by atoms with E-state index in [1.165, 1.54) is 7.11 Å². The number of hydrogen-bond acceptors (Lipinski definition) is 4. The van der Waals surface area contributed by atoms with Gasteiger partial charge in [-0.2, -0.15) is 0 Å². The van der Waals surface area contributed by atoms with E-state index in [9.17, 15) is 4.79 Å². The number of methoxy groups -OCH3 is 1. The first kappa shape index (κ1) is 18.9. The Balaban J connectivity index is 2.00. The highest BCUT2D eigenvalue weighted by molar-refractivity contribution is 6.30. The van der Waals surface area contributed by atoms with Gasteiger partial charge in [0.25, 0.3) is 0 Å². The van der Waals surface area contributed by atoms with Crippen LogP contribution < -0.4 is 20.1 Å². The minimum atomic E-state index is -0.325. The molecule has 6 nitrogen and oxygen atoms in total. The SMILES string of the molecule is COc1cc([C@H](C)NC(=O)Nc2ccc(Cl)cc2)ccc1OCCO. The molecular weight excluding hydrogens is 344 g/mol. The molecule has 0 aliphatic heterocycles. The summed E-state index contributed by atoms with van der Waals surface area (Å²) in [4.78, 5) is 12.1. The molecule has 3 N–H and O–H groups in total. The molecule has 25 heavy (non-hydrogen) atoms. The summed E-state index contributed by atoms with van der Waals surface area (Å²) < 4.78 is 10.7. The Bertz CT molecular complexity index is 707. The van der Waals surface area contributed by atoms with Crippen LogP contribution in [0.5, 0.6) is 11.5 Å². The average molecular weight is 365 g/mol. The standard InChI is InChI=1S/C18H21ClN2O4/c1-12(20-18(23)21-15-6-4-14(19)5-7-15)13-3-8-16(25-10-9-22)17(11-13)24-2/h3-8,11-12,22H,9-10H2,1-2H3,(H2,20,21,23)/t12-/m0/s1. The predicted octanol–water partition coefficient (Wildman–Crippen LogP) is 3.60. The maximum Gasteiger partial charge on any atom is 0.319 e. The molecule has 2 amide bonds. The number of carbonyl (C=O) groups is 1. The summed E-state index contributed by atoms with van der Waals surface area (Å²) in [5.41, 5.74) is 1.51. The van der Waals surface area contributed by atoms with Crippen molar-refractivity contribution in [3.63, 3.8) is 0 Å². The zero-order valence-corrected chi connectivity index (χ0v) is 14.8. The molecule has 2 aromatic carbocycles. The molecule has 7 heteroatoms. The van der Waals surface area contributed by atoms with E-state index >= 15 is 0 Å². The molecule has 134 valence electrons. The lowest BCUT2D eigenvalue weighted by Gasteiger charge is -2.17. The van der Waals surface area contributed by atoms with Crippen molar-refractivity contribution in [3.8, 4) is 11.5 Å². The van der Waals surface area contributed by atoms with Gasteiger partial charge in [0.1, 0.15) is 6.61 Å². The minimum absolute atomic E-state index is 0.0757. The van der Waals surface area contributed by atoms with E-state index in [2.05, 4.69) is 10.6 Å². The Kier molecular flexibility index (Phi) is 6.91. The van der Waals surface area contributed by atoms with Crippen molar-refractivity contribution in [1.82, 2.24) is 5.32 Å². The summed E-state index contributed by atoms with van der Waals surface area (Å²) in [6.45, 7) is 1.98. The van der Waals surface area contributed by atoms with Crippen molar-refractivity contribution in [2.45, 2.75) is 13.0 Å². The monoisotopic (exact) mass is 364 g/mol. The average Bonchev–Trinajstić information content (AvgIpc) is 2.61. The lowest BCUT2D eigenvalue weighted by molar-refractivity contribution is 0.196. The first-order chi connectivity index (χ1) is 12.0.